The van der Waals surface area contributed by atoms with Crippen molar-refractivity contribution in [2.75, 3.05) is 23.4 Å². The van der Waals surface area contributed by atoms with Gasteiger partial charge in [-0.1, -0.05) is 18.2 Å². The molecule has 110 valence electrons. The van der Waals surface area contributed by atoms with Crippen molar-refractivity contribution in [2.24, 2.45) is 0 Å². The Hall–Kier alpha value is -1.46. The van der Waals surface area contributed by atoms with Crippen molar-refractivity contribution in [3.63, 3.8) is 0 Å². The number of carbonyl (C=O) groups excluding carboxylic acids is 1. The largest absolute Gasteiger partial charge is 0.375 e. The lowest BCUT2D eigenvalue weighted by Crippen LogP contribution is -2.22. The highest BCUT2D eigenvalue weighted by Gasteiger charge is 2.07. The molecule has 5 heteroatoms. The average Bonchev–Trinajstić information content (AvgIpc) is 2.48. The van der Waals surface area contributed by atoms with E-state index in [1.165, 1.54) is 0 Å². The molecule has 0 fully saturated rings. The van der Waals surface area contributed by atoms with Gasteiger partial charge in [0.25, 0.3) is 0 Å². The number of hydrogen-bond donors (Lipinski definition) is 2. The SMILES string of the molecule is CSc1ccccc1NCC(=O)Nc1ccc(C)cc1Br. The molecule has 0 aromatic heterocycles. The molecule has 2 aromatic carbocycles. The standard InChI is InChI=1S/C16H17BrN2OS/c1-11-7-8-13(12(17)9-11)19-16(20)10-18-14-5-3-4-6-15(14)21-2/h3-9,18H,10H2,1-2H3,(H,19,20). The third kappa shape index (κ3) is 4.51. The molecule has 0 aliphatic rings. The van der Waals surface area contributed by atoms with Crippen LogP contribution in [0.3, 0.4) is 0 Å². The Kier molecular flexibility index (Phi) is 5.70. The summed E-state index contributed by atoms with van der Waals surface area (Å²) in [5, 5.41) is 6.06. The summed E-state index contributed by atoms with van der Waals surface area (Å²) in [6.45, 7) is 2.25. The third-order valence-corrected chi connectivity index (χ3v) is 4.40. The summed E-state index contributed by atoms with van der Waals surface area (Å²) in [7, 11) is 0. The molecule has 0 bridgehead atoms. The van der Waals surface area contributed by atoms with Crippen LogP contribution in [0.1, 0.15) is 5.56 Å². The number of aryl methyl sites for hydroxylation is 1. The molecule has 3 nitrogen and oxygen atoms in total. The van der Waals surface area contributed by atoms with Crippen LogP contribution < -0.4 is 10.6 Å². The number of para-hydroxylation sites is 1. The molecule has 0 saturated heterocycles. The van der Waals surface area contributed by atoms with Crippen molar-refractivity contribution < 1.29 is 4.79 Å². The number of amides is 1. The van der Waals surface area contributed by atoms with Gasteiger partial charge in [0.15, 0.2) is 0 Å². The normalized spacial score (nSPS) is 10.2. The number of benzene rings is 2. The van der Waals surface area contributed by atoms with Gasteiger partial charge in [0.1, 0.15) is 0 Å². The lowest BCUT2D eigenvalue weighted by molar-refractivity contribution is -0.114. The number of halogens is 1. The fourth-order valence-electron chi connectivity index (χ4n) is 1.88. The second kappa shape index (κ2) is 7.52. The van der Waals surface area contributed by atoms with Crippen molar-refractivity contribution in [1.29, 1.82) is 0 Å². The average molecular weight is 365 g/mol. The minimum Gasteiger partial charge on any atom is -0.375 e. The Morgan fingerprint density at radius 1 is 1.19 bits per heavy atom. The Morgan fingerprint density at radius 3 is 2.67 bits per heavy atom. The monoisotopic (exact) mass is 364 g/mol. The summed E-state index contributed by atoms with van der Waals surface area (Å²) in [5.74, 6) is -0.0736. The maximum Gasteiger partial charge on any atom is 0.243 e. The first-order valence-electron chi connectivity index (χ1n) is 6.53. The molecule has 0 heterocycles. The van der Waals surface area contributed by atoms with Gasteiger partial charge in [-0.2, -0.15) is 0 Å². The number of nitrogens with one attached hydrogen (secondary N) is 2. The summed E-state index contributed by atoms with van der Waals surface area (Å²) in [4.78, 5) is 13.1. The molecule has 0 saturated carbocycles. The second-order valence-corrected chi connectivity index (χ2v) is 6.29. The minimum absolute atomic E-state index is 0.0736. The van der Waals surface area contributed by atoms with E-state index >= 15 is 0 Å². The molecule has 0 aliphatic heterocycles. The van der Waals surface area contributed by atoms with Crippen LogP contribution in [-0.4, -0.2) is 18.7 Å². The number of carbonyl (C=O) groups is 1. The van der Waals surface area contributed by atoms with E-state index in [0.717, 1.165) is 26.3 Å². The van der Waals surface area contributed by atoms with Gasteiger partial charge in [-0.3, -0.25) is 4.79 Å². The van der Waals surface area contributed by atoms with Crippen LogP contribution in [0.2, 0.25) is 0 Å². The van der Waals surface area contributed by atoms with Crippen LogP contribution in [0.4, 0.5) is 11.4 Å². The van der Waals surface area contributed by atoms with Crippen molar-refractivity contribution in [3.05, 3.63) is 52.5 Å². The molecule has 0 spiro atoms. The molecule has 2 rings (SSSR count). The van der Waals surface area contributed by atoms with Crippen LogP contribution in [0.5, 0.6) is 0 Å². The lowest BCUT2D eigenvalue weighted by Gasteiger charge is -2.11. The topological polar surface area (TPSA) is 41.1 Å². The quantitative estimate of drug-likeness (QED) is 0.765. The van der Waals surface area contributed by atoms with Crippen LogP contribution in [0, 0.1) is 6.92 Å². The van der Waals surface area contributed by atoms with Crippen LogP contribution in [0.25, 0.3) is 0 Å². The molecule has 0 atom stereocenters. The zero-order valence-electron chi connectivity index (χ0n) is 11.9. The van der Waals surface area contributed by atoms with Crippen LogP contribution >= 0.6 is 27.7 Å². The summed E-state index contributed by atoms with van der Waals surface area (Å²) >= 11 is 5.11. The first-order valence-corrected chi connectivity index (χ1v) is 8.55. The molecule has 2 aromatic rings. The van der Waals surface area contributed by atoms with E-state index in [1.54, 1.807) is 11.8 Å². The van der Waals surface area contributed by atoms with Crippen molar-refractivity contribution >= 4 is 45.0 Å². The predicted molar refractivity (Wildman–Crippen MR) is 94.2 cm³/mol. The highest BCUT2D eigenvalue weighted by atomic mass is 79.9. The summed E-state index contributed by atoms with van der Waals surface area (Å²) in [6, 6.07) is 13.8. The van der Waals surface area contributed by atoms with Gasteiger partial charge in [0.05, 0.1) is 12.2 Å². The predicted octanol–water partition coefficient (Wildman–Crippen LogP) is 4.53. The van der Waals surface area contributed by atoms with Gasteiger partial charge >= 0.3 is 0 Å². The molecule has 21 heavy (non-hydrogen) atoms. The summed E-state index contributed by atoms with van der Waals surface area (Å²) in [5.41, 5.74) is 2.90. The summed E-state index contributed by atoms with van der Waals surface area (Å²) in [6.07, 6.45) is 2.02. The van der Waals surface area contributed by atoms with E-state index < -0.39 is 0 Å². The third-order valence-electron chi connectivity index (χ3n) is 2.95. The fraction of sp³-hybridized carbons (Fsp3) is 0.188. The van der Waals surface area contributed by atoms with Crippen molar-refractivity contribution in [3.8, 4) is 0 Å². The van der Waals surface area contributed by atoms with Crippen LogP contribution in [0.15, 0.2) is 51.8 Å². The molecule has 2 N–H and O–H groups in total. The fourth-order valence-corrected chi connectivity index (χ4v) is 3.05. The van der Waals surface area contributed by atoms with Gasteiger partial charge < -0.3 is 10.6 Å². The van der Waals surface area contributed by atoms with Crippen molar-refractivity contribution in [2.45, 2.75) is 11.8 Å². The Balaban J connectivity index is 1.96. The van der Waals surface area contributed by atoms with E-state index in [-0.39, 0.29) is 12.5 Å². The van der Waals surface area contributed by atoms with E-state index in [9.17, 15) is 4.79 Å². The smallest absolute Gasteiger partial charge is 0.243 e. The highest BCUT2D eigenvalue weighted by Crippen LogP contribution is 2.25. The van der Waals surface area contributed by atoms with Gasteiger partial charge in [0, 0.05) is 15.1 Å². The zero-order chi connectivity index (χ0) is 15.2. The molecule has 0 radical (unpaired) electrons. The van der Waals surface area contributed by atoms with Crippen molar-refractivity contribution in [1.82, 2.24) is 0 Å². The van der Waals surface area contributed by atoms with Gasteiger partial charge in [-0.15, -0.1) is 11.8 Å². The Labute approximate surface area is 137 Å². The summed E-state index contributed by atoms with van der Waals surface area (Å²) < 4.78 is 0.889. The first kappa shape index (κ1) is 15.9. The van der Waals surface area contributed by atoms with E-state index in [1.807, 2.05) is 55.6 Å². The van der Waals surface area contributed by atoms with E-state index in [0.29, 0.717) is 0 Å². The number of rotatable bonds is 5. The van der Waals surface area contributed by atoms with Gasteiger partial charge in [-0.25, -0.2) is 0 Å². The number of hydrogen-bond acceptors (Lipinski definition) is 3. The van der Waals surface area contributed by atoms with Gasteiger partial charge in [-0.05, 0) is 58.9 Å². The Bertz CT molecular complexity index is 646. The highest BCUT2D eigenvalue weighted by molar-refractivity contribution is 9.10. The second-order valence-electron chi connectivity index (χ2n) is 4.59. The van der Waals surface area contributed by atoms with E-state index in [2.05, 4.69) is 26.6 Å². The van der Waals surface area contributed by atoms with Crippen LogP contribution in [-0.2, 0) is 4.79 Å². The molecule has 0 aliphatic carbocycles. The lowest BCUT2D eigenvalue weighted by atomic mass is 10.2. The van der Waals surface area contributed by atoms with Gasteiger partial charge in [0.2, 0.25) is 5.91 Å². The molecular formula is C16H17BrN2OS. The molecule has 0 unspecified atom stereocenters. The maximum absolute atomic E-state index is 12.0. The Morgan fingerprint density at radius 2 is 1.95 bits per heavy atom. The minimum atomic E-state index is -0.0736. The maximum atomic E-state index is 12.0. The number of thioether (sulfide) groups is 1. The first-order chi connectivity index (χ1) is 10.1. The van der Waals surface area contributed by atoms with E-state index in [4.69, 9.17) is 0 Å². The molecule has 1 amide bonds. The molecular weight excluding hydrogens is 348 g/mol. The zero-order valence-corrected chi connectivity index (χ0v) is 14.3. The number of anilines is 2.